The summed E-state index contributed by atoms with van der Waals surface area (Å²) in [6.07, 6.45) is -1.49. The molecule has 1 fully saturated rings. The second-order valence-electron chi connectivity index (χ2n) is 7.76. The molecule has 34 heavy (non-hydrogen) atoms. The third-order valence-corrected chi connectivity index (χ3v) is 5.57. The number of nitrogens with one attached hydrogen (secondary N) is 1. The Balaban J connectivity index is 1.33. The highest BCUT2D eigenvalue weighted by Crippen LogP contribution is 2.30. The lowest BCUT2D eigenvalue weighted by molar-refractivity contribution is -0.131. The first kappa shape index (κ1) is 22.2. The van der Waals surface area contributed by atoms with Gasteiger partial charge in [0.25, 0.3) is 6.01 Å². The van der Waals surface area contributed by atoms with E-state index in [1.54, 1.807) is 13.1 Å². The van der Waals surface area contributed by atoms with Crippen LogP contribution >= 0.6 is 11.6 Å². The number of imidazole rings is 1. The van der Waals surface area contributed by atoms with Gasteiger partial charge in [-0.05, 0) is 29.3 Å². The Morgan fingerprint density at radius 3 is 2.79 bits per heavy atom. The van der Waals surface area contributed by atoms with E-state index in [0.717, 1.165) is 11.1 Å². The fourth-order valence-corrected chi connectivity index (χ4v) is 3.83. The van der Waals surface area contributed by atoms with Crippen molar-refractivity contribution in [3.8, 4) is 29.1 Å². The average molecular weight is 482 g/mol. The molecule has 0 saturated carbocycles. The van der Waals surface area contributed by atoms with Crippen molar-refractivity contribution in [3.05, 3.63) is 46.7 Å². The number of benzene rings is 1. The molecule has 3 aromatic heterocycles. The predicted molar refractivity (Wildman–Crippen MR) is 121 cm³/mol. The van der Waals surface area contributed by atoms with Crippen LogP contribution in [0.4, 0.5) is 0 Å². The lowest BCUT2D eigenvalue weighted by Crippen LogP contribution is -2.45. The number of halogens is 1. The molecule has 11 nitrogen and oxygen atoms in total. The molecule has 3 atom stereocenters. The molecule has 3 N–H and O–H groups in total. The number of aryl methyl sites for hydroxylation is 1. The lowest BCUT2D eigenvalue weighted by atomic mass is 10.0. The first-order chi connectivity index (χ1) is 16.5. The molecule has 12 heteroatoms. The van der Waals surface area contributed by atoms with E-state index in [-0.39, 0.29) is 19.2 Å². The van der Waals surface area contributed by atoms with E-state index in [9.17, 15) is 10.2 Å². The smallest absolute Gasteiger partial charge is 0.296 e. The highest BCUT2D eigenvalue weighted by molar-refractivity contribution is 6.33. The average Bonchev–Trinajstić information content (AvgIpc) is 3.42. The monoisotopic (exact) mass is 481 g/mol. The summed E-state index contributed by atoms with van der Waals surface area (Å²) < 4.78 is 11.2. The maximum atomic E-state index is 10.0. The fraction of sp³-hybridized carbons (Fsp3) is 0.318. The molecule has 174 valence electrons. The molecule has 4 heterocycles. The highest BCUT2D eigenvalue weighted by Gasteiger charge is 2.31. The summed E-state index contributed by atoms with van der Waals surface area (Å²) in [6, 6.07) is 9.44. The van der Waals surface area contributed by atoms with Gasteiger partial charge in [0.1, 0.15) is 12.2 Å². The van der Waals surface area contributed by atoms with Crippen molar-refractivity contribution in [1.29, 1.82) is 0 Å². The number of ether oxygens (including phenoxy) is 2. The van der Waals surface area contributed by atoms with E-state index < -0.39 is 18.3 Å². The number of H-pyrrole nitrogens is 1. The molecule has 0 aliphatic carbocycles. The number of fused-ring (bicyclic) bond motifs is 1. The van der Waals surface area contributed by atoms with Crippen molar-refractivity contribution in [2.45, 2.75) is 24.7 Å². The van der Waals surface area contributed by atoms with E-state index in [1.165, 1.54) is 4.80 Å². The van der Waals surface area contributed by atoms with Crippen LogP contribution in [0.2, 0.25) is 5.02 Å². The number of rotatable bonds is 4. The van der Waals surface area contributed by atoms with Crippen LogP contribution in [0.15, 0.2) is 30.3 Å². The van der Waals surface area contributed by atoms with Gasteiger partial charge in [0.05, 0.1) is 42.6 Å². The van der Waals surface area contributed by atoms with Crippen LogP contribution in [0.5, 0.6) is 6.01 Å². The molecule has 1 aliphatic rings. The molecular formula is C22H20ClN7O4. The topological polar surface area (TPSA) is 144 Å². The number of aliphatic hydroxyl groups is 2. The third kappa shape index (κ3) is 4.71. The molecule has 1 aromatic carbocycles. The Morgan fingerprint density at radius 2 is 2.09 bits per heavy atom. The Bertz CT molecular complexity index is 1380. The van der Waals surface area contributed by atoms with E-state index in [0.29, 0.717) is 34.1 Å². The summed E-state index contributed by atoms with van der Waals surface area (Å²) in [5, 5.41) is 31.3. The molecule has 0 amide bonds. The molecule has 1 saturated heterocycles. The van der Waals surface area contributed by atoms with Crippen LogP contribution in [-0.2, 0) is 11.8 Å². The largest absolute Gasteiger partial charge is 0.459 e. The van der Waals surface area contributed by atoms with Crippen LogP contribution in [0.3, 0.4) is 0 Å². The van der Waals surface area contributed by atoms with Crippen molar-refractivity contribution >= 4 is 22.8 Å². The van der Waals surface area contributed by atoms with Gasteiger partial charge >= 0.3 is 0 Å². The molecule has 0 bridgehead atoms. The van der Waals surface area contributed by atoms with E-state index in [4.69, 9.17) is 21.1 Å². The minimum absolute atomic E-state index is 0.237. The standard InChI is InChI=1S/C22H20ClN7O4/c1-30-28-19(27-29-30)7-4-12-2-5-13(6-3-12)20-15(23)9-16-21(25-20)26-22(24-16)34-14-8-17(32)18(10-31)33-11-14/h2-3,5-6,9,14,17-18,31-32H,8,10-11H2,1H3,(H,24,25,26)/t14-,17+,18-/m1/s1. The summed E-state index contributed by atoms with van der Waals surface area (Å²) in [5.41, 5.74) is 3.22. The van der Waals surface area contributed by atoms with Gasteiger partial charge in [-0.2, -0.15) is 9.78 Å². The van der Waals surface area contributed by atoms with Crippen LogP contribution < -0.4 is 4.74 Å². The van der Waals surface area contributed by atoms with Crippen LogP contribution in [0.25, 0.3) is 22.4 Å². The van der Waals surface area contributed by atoms with E-state index >= 15 is 0 Å². The number of aromatic nitrogens is 7. The molecular weight excluding hydrogens is 462 g/mol. The predicted octanol–water partition coefficient (Wildman–Crippen LogP) is 1.09. The quantitative estimate of drug-likeness (QED) is 0.365. The van der Waals surface area contributed by atoms with E-state index in [2.05, 4.69) is 42.2 Å². The van der Waals surface area contributed by atoms with Gasteiger partial charge in [0, 0.05) is 17.5 Å². The molecule has 0 spiro atoms. The van der Waals surface area contributed by atoms with Gasteiger partial charge in [-0.25, -0.2) is 4.98 Å². The zero-order chi connectivity index (χ0) is 23.7. The number of tetrazole rings is 1. The van der Waals surface area contributed by atoms with Crippen LogP contribution in [-0.4, -0.2) is 76.9 Å². The van der Waals surface area contributed by atoms with Crippen molar-refractivity contribution in [2.24, 2.45) is 7.05 Å². The minimum atomic E-state index is -0.808. The highest BCUT2D eigenvalue weighted by atomic mass is 35.5. The van der Waals surface area contributed by atoms with Gasteiger partial charge in [0.15, 0.2) is 5.65 Å². The number of aliphatic hydroxyl groups excluding tert-OH is 2. The number of hydrogen-bond donors (Lipinski definition) is 3. The van der Waals surface area contributed by atoms with Gasteiger partial charge in [-0.1, -0.05) is 34.8 Å². The maximum absolute atomic E-state index is 10.0. The summed E-state index contributed by atoms with van der Waals surface area (Å²) in [5.74, 6) is 6.20. The first-order valence-electron chi connectivity index (χ1n) is 10.5. The molecule has 0 unspecified atom stereocenters. The second kappa shape index (κ2) is 9.36. The molecule has 5 rings (SSSR count). The Kier molecular flexibility index (Phi) is 6.12. The number of hydrogen-bond acceptors (Lipinski definition) is 9. The SMILES string of the molecule is Cn1nnc(C#Cc2ccc(-c3nc4nc(O[C@H]5CO[C@H](CO)[C@@H](O)C5)[nH]c4cc3Cl)cc2)n1. The number of pyridine rings is 1. The van der Waals surface area contributed by atoms with Crippen molar-refractivity contribution < 1.29 is 19.7 Å². The zero-order valence-corrected chi connectivity index (χ0v) is 18.8. The zero-order valence-electron chi connectivity index (χ0n) is 18.0. The van der Waals surface area contributed by atoms with Gasteiger partial charge < -0.3 is 24.7 Å². The summed E-state index contributed by atoms with van der Waals surface area (Å²) in [4.78, 5) is 13.4. The van der Waals surface area contributed by atoms with Crippen molar-refractivity contribution in [1.82, 2.24) is 35.2 Å². The summed E-state index contributed by atoms with van der Waals surface area (Å²) >= 11 is 6.49. The molecule has 1 aliphatic heterocycles. The van der Waals surface area contributed by atoms with Crippen LogP contribution in [0, 0.1) is 11.8 Å². The van der Waals surface area contributed by atoms with E-state index in [1.807, 2.05) is 24.3 Å². The third-order valence-electron chi connectivity index (χ3n) is 5.28. The lowest BCUT2D eigenvalue weighted by Gasteiger charge is -2.31. The molecule has 0 radical (unpaired) electrons. The summed E-state index contributed by atoms with van der Waals surface area (Å²) in [7, 11) is 1.68. The van der Waals surface area contributed by atoms with Gasteiger partial charge in [0.2, 0.25) is 5.82 Å². The van der Waals surface area contributed by atoms with Crippen molar-refractivity contribution in [2.75, 3.05) is 13.2 Å². The van der Waals surface area contributed by atoms with Gasteiger partial charge in [-0.3, -0.25) is 0 Å². The first-order valence-corrected chi connectivity index (χ1v) is 10.9. The van der Waals surface area contributed by atoms with Crippen molar-refractivity contribution in [3.63, 3.8) is 0 Å². The number of aromatic amines is 1. The Morgan fingerprint density at radius 1 is 1.26 bits per heavy atom. The normalized spacial score (nSPS) is 20.2. The second-order valence-corrected chi connectivity index (χ2v) is 8.17. The van der Waals surface area contributed by atoms with Gasteiger partial charge in [-0.15, -0.1) is 5.10 Å². The maximum Gasteiger partial charge on any atom is 0.296 e. The summed E-state index contributed by atoms with van der Waals surface area (Å²) in [6.45, 7) is -0.00286. The Hall–Kier alpha value is -3.56. The minimum Gasteiger partial charge on any atom is -0.459 e. The number of nitrogens with zero attached hydrogens (tertiary/aromatic N) is 6. The van der Waals surface area contributed by atoms with Crippen LogP contribution in [0.1, 0.15) is 17.8 Å². The fourth-order valence-electron chi connectivity index (χ4n) is 3.57. The Labute approximate surface area is 198 Å². The molecule has 4 aromatic rings.